The van der Waals surface area contributed by atoms with Crippen molar-refractivity contribution in [3.05, 3.63) is 71.8 Å². The predicted octanol–water partition coefficient (Wildman–Crippen LogP) is 3.38. The molecule has 11 heteroatoms. The van der Waals surface area contributed by atoms with Gasteiger partial charge in [-0.25, -0.2) is 14.4 Å². The lowest BCUT2D eigenvalue weighted by atomic mass is 10.2. The SMILES string of the molecule is CC(C)(C)OC(=O)NCC[C@H](N)CN(CCNC(=O)OCc1ccccc1)CCNC(=O)OCc1ccccc1. The largest absolute Gasteiger partial charge is 0.445 e. The van der Waals surface area contributed by atoms with Crippen molar-refractivity contribution in [3.63, 3.8) is 0 Å². The van der Waals surface area contributed by atoms with Gasteiger partial charge in [-0.15, -0.1) is 0 Å². The average Bonchev–Trinajstić information content (AvgIpc) is 2.91. The maximum atomic E-state index is 12.1. The lowest BCUT2D eigenvalue weighted by Crippen LogP contribution is -2.46. The fraction of sp³-hybridized carbons (Fsp3) is 0.483. The molecule has 2 aromatic rings. The summed E-state index contributed by atoms with van der Waals surface area (Å²) < 4.78 is 15.8. The van der Waals surface area contributed by atoms with Gasteiger partial charge in [0.15, 0.2) is 0 Å². The Hall–Kier alpha value is -3.83. The van der Waals surface area contributed by atoms with Crippen LogP contribution in [-0.2, 0) is 27.4 Å². The van der Waals surface area contributed by atoms with E-state index in [0.29, 0.717) is 45.7 Å². The van der Waals surface area contributed by atoms with Gasteiger partial charge >= 0.3 is 18.3 Å². The molecule has 0 heterocycles. The molecule has 0 radical (unpaired) electrons. The van der Waals surface area contributed by atoms with Crippen LogP contribution in [0.4, 0.5) is 14.4 Å². The first-order valence-corrected chi connectivity index (χ1v) is 13.4. The normalized spacial score (nSPS) is 11.8. The van der Waals surface area contributed by atoms with Crippen LogP contribution < -0.4 is 21.7 Å². The van der Waals surface area contributed by atoms with Crippen molar-refractivity contribution in [2.75, 3.05) is 39.3 Å². The standard InChI is InChI=1S/C29H43N5O6/c1-29(2,3)40-28(37)31-15-14-25(30)20-34(18-16-32-26(35)38-21-23-10-6-4-7-11-23)19-17-33-27(36)39-22-24-12-8-5-9-13-24/h4-13,25H,14-22,30H2,1-3H3,(H,31,37)(H,32,35)(H,33,36)/t25-/m0/s1. The van der Waals surface area contributed by atoms with E-state index in [1.54, 1.807) is 20.8 Å². The van der Waals surface area contributed by atoms with Crippen LogP contribution in [0.5, 0.6) is 0 Å². The fourth-order valence-corrected chi connectivity index (χ4v) is 3.57. The quantitative estimate of drug-likeness (QED) is 0.244. The summed E-state index contributed by atoms with van der Waals surface area (Å²) in [6.07, 6.45) is -1.00. The first kappa shape index (κ1) is 32.4. The summed E-state index contributed by atoms with van der Waals surface area (Å²) in [5.41, 5.74) is 7.54. The predicted molar refractivity (Wildman–Crippen MR) is 153 cm³/mol. The van der Waals surface area contributed by atoms with Crippen LogP contribution in [0.2, 0.25) is 0 Å². The smallest absolute Gasteiger partial charge is 0.407 e. The summed E-state index contributed by atoms with van der Waals surface area (Å²) >= 11 is 0. The van der Waals surface area contributed by atoms with E-state index < -0.39 is 23.9 Å². The van der Waals surface area contributed by atoms with Gasteiger partial charge in [0.05, 0.1) is 0 Å². The van der Waals surface area contributed by atoms with Gasteiger partial charge in [-0.1, -0.05) is 60.7 Å². The molecule has 0 saturated carbocycles. The molecule has 11 nitrogen and oxygen atoms in total. The summed E-state index contributed by atoms with van der Waals surface area (Å²) in [5.74, 6) is 0. The highest BCUT2D eigenvalue weighted by atomic mass is 16.6. The first-order chi connectivity index (χ1) is 19.1. The van der Waals surface area contributed by atoms with Crippen molar-refractivity contribution >= 4 is 18.3 Å². The third-order valence-electron chi connectivity index (χ3n) is 5.50. The maximum Gasteiger partial charge on any atom is 0.407 e. The van der Waals surface area contributed by atoms with Gasteiger partial charge in [-0.3, -0.25) is 4.90 Å². The molecule has 0 fully saturated rings. The van der Waals surface area contributed by atoms with Crippen molar-refractivity contribution in [2.45, 2.75) is 52.0 Å². The highest BCUT2D eigenvalue weighted by molar-refractivity contribution is 5.68. The Balaban J connectivity index is 1.76. The van der Waals surface area contributed by atoms with Crippen LogP contribution in [0.3, 0.4) is 0 Å². The molecule has 220 valence electrons. The molecule has 2 rings (SSSR count). The summed E-state index contributed by atoms with van der Waals surface area (Å²) in [6.45, 7) is 8.22. The van der Waals surface area contributed by atoms with Crippen molar-refractivity contribution in [1.82, 2.24) is 20.9 Å². The molecule has 0 saturated heterocycles. The molecule has 0 aliphatic rings. The molecular formula is C29H43N5O6. The summed E-state index contributed by atoms with van der Waals surface area (Å²) in [7, 11) is 0. The van der Waals surface area contributed by atoms with Gasteiger partial charge in [0.25, 0.3) is 0 Å². The van der Waals surface area contributed by atoms with Crippen LogP contribution in [-0.4, -0.2) is 74.1 Å². The number of hydrogen-bond donors (Lipinski definition) is 4. The lowest BCUT2D eigenvalue weighted by Gasteiger charge is -2.26. The molecule has 3 amide bonds. The third kappa shape index (κ3) is 15.6. The summed E-state index contributed by atoms with van der Waals surface area (Å²) in [5, 5.41) is 8.20. The highest BCUT2D eigenvalue weighted by Gasteiger charge is 2.17. The Morgan fingerprint density at radius 3 is 1.65 bits per heavy atom. The van der Waals surface area contributed by atoms with Gasteiger partial charge in [0.1, 0.15) is 18.8 Å². The number of nitrogens with two attached hydrogens (primary N) is 1. The number of alkyl carbamates (subject to hydrolysis) is 3. The van der Waals surface area contributed by atoms with Gasteiger partial charge in [0.2, 0.25) is 0 Å². The van der Waals surface area contributed by atoms with E-state index in [0.717, 1.165) is 11.1 Å². The van der Waals surface area contributed by atoms with Crippen LogP contribution in [0.15, 0.2) is 60.7 Å². The second-order valence-corrected chi connectivity index (χ2v) is 10.3. The van der Waals surface area contributed by atoms with Crippen molar-refractivity contribution in [1.29, 1.82) is 0 Å². The van der Waals surface area contributed by atoms with Crippen LogP contribution in [0.25, 0.3) is 0 Å². The maximum absolute atomic E-state index is 12.1. The number of rotatable bonds is 15. The number of benzene rings is 2. The topological polar surface area (TPSA) is 144 Å². The number of amides is 3. The number of carbonyl (C=O) groups excluding carboxylic acids is 3. The molecule has 40 heavy (non-hydrogen) atoms. The Kier molecular flexibility index (Phi) is 14.3. The van der Waals surface area contributed by atoms with Crippen LogP contribution >= 0.6 is 0 Å². The van der Waals surface area contributed by atoms with E-state index in [1.165, 1.54) is 0 Å². The molecular weight excluding hydrogens is 514 g/mol. The van der Waals surface area contributed by atoms with E-state index in [9.17, 15) is 14.4 Å². The highest BCUT2D eigenvalue weighted by Crippen LogP contribution is 2.06. The molecule has 0 unspecified atom stereocenters. The fourth-order valence-electron chi connectivity index (χ4n) is 3.57. The second kappa shape index (κ2) is 17.7. The van der Waals surface area contributed by atoms with Crippen molar-refractivity contribution in [3.8, 4) is 0 Å². The minimum Gasteiger partial charge on any atom is -0.445 e. The van der Waals surface area contributed by atoms with E-state index in [2.05, 4.69) is 16.0 Å². The molecule has 2 aromatic carbocycles. The molecule has 0 bridgehead atoms. The monoisotopic (exact) mass is 557 g/mol. The Labute approximate surface area is 236 Å². The molecule has 0 spiro atoms. The van der Waals surface area contributed by atoms with Gasteiger partial charge < -0.3 is 35.9 Å². The number of hydrogen-bond acceptors (Lipinski definition) is 8. The summed E-state index contributed by atoms with van der Waals surface area (Å²) in [6, 6.07) is 18.6. The summed E-state index contributed by atoms with van der Waals surface area (Å²) in [4.78, 5) is 38.1. The lowest BCUT2D eigenvalue weighted by molar-refractivity contribution is 0.0526. The van der Waals surface area contributed by atoms with E-state index in [-0.39, 0.29) is 19.3 Å². The van der Waals surface area contributed by atoms with Crippen LogP contribution in [0, 0.1) is 0 Å². The van der Waals surface area contributed by atoms with Crippen molar-refractivity contribution < 1.29 is 28.6 Å². The van der Waals surface area contributed by atoms with E-state index in [1.807, 2.05) is 65.6 Å². The molecule has 0 aliphatic carbocycles. The molecule has 5 N–H and O–H groups in total. The third-order valence-corrected chi connectivity index (χ3v) is 5.50. The van der Waals surface area contributed by atoms with Crippen molar-refractivity contribution in [2.24, 2.45) is 5.73 Å². The Bertz CT molecular complexity index is 955. The number of nitrogens with one attached hydrogen (secondary N) is 3. The Morgan fingerprint density at radius 2 is 1.20 bits per heavy atom. The number of nitrogens with zero attached hydrogens (tertiary/aromatic N) is 1. The second-order valence-electron chi connectivity index (χ2n) is 10.3. The zero-order chi connectivity index (χ0) is 29.2. The first-order valence-electron chi connectivity index (χ1n) is 13.4. The molecule has 1 atom stereocenters. The zero-order valence-corrected chi connectivity index (χ0v) is 23.7. The van der Waals surface area contributed by atoms with Gasteiger partial charge in [-0.2, -0.15) is 0 Å². The minimum atomic E-state index is -0.576. The molecule has 0 aromatic heterocycles. The van der Waals surface area contributed by atoms with Gasteiger partial charge in [-0.05, 0) is 38.3 Å². The van der Waals surface area contributed by atoms with E-state index >= 15 is 0 Å². The Morgan fingerprint density at radius 1 is 0.750 bits per heavy atom. The number of carbonyl (C=O) groups is 3. The minimum absolute atomic E-state index is 0.181. The molecule has 0 aliphatic heterocycles. The van der Waals surface area contributed by atoms with Crippen LogP contribution in [0.1, 0.15) is 38.3 Å². The average molecular weight is 558 g/mol. The van der Waals surface area contributed by atoms with E-state index in [4.69, 9.17) is 19.9 Å². The van der Waals surface area contributed by atoms with Gasteiger partial charge in [0, 0.05) is 45.3 Å². The number of ether oxygens (including phenoxy) is 3. The zero-order valence-electron chi connectivity index (χ0n) is 23.7.